The second-order valence-electron chi connectivity index (χ2n) is 5.95. The molecule has 0 spiro atoms. The minimum absolute atomic E-state index is 0.168. The zero-order valence-electron chi connectivity index (χ0n) is 14.7. The van der Waals surface area contributed by atoms with Crippen LogP contribution >= 0.6 is 0 Å². The monoisotopic (exact) mass is 348 g/mol. The van der Waals surface area contributed by atoms with Crippen molar-refractivity contribution in [3.8, 4) is 28.4 Å². The third-order valence-electron chi connectivity index (χ3n) is 4.33. The van der Waals surface area contributed by atoms with Gasteiger partial charge < -0.3 is 14.6 Å². The molecule has 0 atom stereocenters. The quantitative estimate of drug-likeness (QED) is 0.652. The number of methoxy groups -OCH3 is 1. The second kappa shape index (κ2) is 7.74. The number of carbonyl (C=O) groups is 1. The predicted octanol–water partition coefficient (Wildman–Crippen LogP) is 4.77. The minimum atomic E-state index is 0.168. The molecule has 1 N–H and O–H groups in total. The first-order chi connectivity index (χ1) is 12.6. The Bertz CT molecular complexity index is 914. The Kier molecular flexibility index (Phi) is 5.23. The Balaban J connectivity index is 1.86. The molecule has 0 aliphatic carbocycles. The first kappa shape index (κ1) is 17.5. The lowest BCUT2D eigenvalue weighted by Crippen LogP contribution is -2.00. The third kappa shape index (κ3) is 3.70. The molecular weight excluding hydrogens is 328 g/mol. The molecule has 4 nitrogen and oxygen atoms in total. The minimum Gasteiger partial charge on any atom is -0.508 e. The summed E-state index contributed by atoms with van der Waals surface area (Å²) in [6.45, 7) is 2.45. The number of aromatic hydroxyl groups is 1. The van der Waals surface area contributed by atoms with E-state index in [9.17, 15) is 9.90 Å². The second-order valence-corrected chi connectivity index (χ2v) is 5.95. The summed E-state index contributed by atoms with van der Waals surface area (Å²) in [5.41, 5.74) is 4.70. The summed E-state index contributed by atoms with van der Waals surface area (Å²) in [5, 5.41) is 9.67. The van der Waals surface area contributed by atoms with Crippen molar-refractivity contribution in [1.29, 1.82) is 0 Å². The first-order valence-electron chi connectivity index (χ1n) is 8.26. The Morgan fingerprint density at radius 2 is 1.77 bits per heavy atom. The molecule has 0 bridgehead atoms. The molecule has 4 heteroatoms. The highest BCUT2D eigenvalue weighted by molar-refractivity contribution is 5.75. The molecule has 0 saturated heterocycles. The zero-order valence-corrected chi connectivity index (χ0v) is 14.7. The highest BCUT2D eigenvalue weighted by atomic mass is 16.5. The largest absolute Gasteiger partial charge is 0.508 e. The summed E-state index contributed by atoms with van der Waals surface area (Å²) in [5.74, 6) is 1.50. The zero-order chi connectivity index (χ0) is 18.5. The Morgan fingerprint density at radius 1 is 1.00 bits per heavy atom. The van der Waals surface area contributed by atoms with E-state index >= 15 is 0 Å². The fourth-order valence-corrected chi connectivity index (χ4v) is 2.84. The van der Waals surface area contributed by atoms with E-state index in [2.05, 4.69) is 0 Å². The number of hydrogen-bond donors (Lipinski definition) is 1. The molecule has 3 aromatic carbocycles. The van der Waals surface area contributed by atoms with Gasteiger partial charge in [0, 0.05) is 17.2 Å². The van der Waals surface area contributed by atoms with Crippen molar-refractivity contribution in [3.63, 3.8) is 0 Å². The predicted molar refractivity (Wildman–Crippen MR) is 101 cm³/mol. The Hall–Kier alpha value is -3.27. The lowest BCUT2D eigenvalue weighted by Gasteiger charge is -2.15. The van der Waals surface area contributed by atoms with Crippen LogP contribution in [0.4, 0.5) is 0 Å². The van der Waals surface area contributed by atoms with Gasteiger partial charge in [-0.3, -0.25) is 4.79 Å². The number of phenols is 1. The number of carbonyl (C=O) groups excluding carboxylic acids is 1. The Labute approximate surface area is 152 Å². The molecule has 0 saturated carbocycles. The molecule has 0 unspecified atom stereocenters. The maximum Gasteiger partial charge on any atom is 0.150 e. The van der Waals surface area contributed by atoms with Crippen molar-refractivity contribution in [3.05, 3.63) is 77.4 Å². The van der Waals surface area contributed by atoms with Crippen molar-refractivity contribution in [2.24, 2.45) is 0 Å². The molecule has 132 valence electrons. The molecule has 0 amide bonds. The molecule has 3 rings (SSSR count). The van der Waals surface area contributed by atoms with Crippen molar-refractivity contribution in [2.75, 3.05) is 7.11 Å². The number of aldehydes is 1. The molecule has 0 aliphatic rings. The van der Waals surface area contributed by atoms with Gasteiger partial charge in [-0.15, -0.1) is 0 Å². The van der Waals surface area contributed by atoms with Crippen molar-refractivity contribution in [1.82, 2.24) is 0 Å². The van der Waals surface area contributed by atoms with Crippen molar-refractivity contribution >= 4 is 6.29 Å². The average molecular weight is 348 g/mol. The SMILES string of the molecule is COc1cc(O)ccc1-c1cccc(COc2ccc(C=O)cc2)c1C. The van der Waals surface area contributed by atoms with E-state index in [1.54, 1.807) is 43.5 Å². The third-order valence-corrected chi connectivity index (χ3v) is 4.33. The average Bonchev–Trinajstić information content (AvgIpc) is 2.68. The molecule has 3 aromatic rings. The van der Waals surface area contributed by atoms with Gasteiger partial charge in [-0.25, -0.2) is 0 Å². The summed E-state index contributed by atoms with van der Waals surface area (Å²) in [4.78, 5) is 10.7. The van der Waals surface area contributed by atoms with E-state index < -0.39 is 0 Å². The van der Waals surface area contributed by atoms with E-state index in [0.29, 0.717) is 23.7 Å². The van der Waals surface area contributed by atoms with Gasteiger partial charge in [-0.1, -0.05) is 18.2 Å². The van der Waals surface area contributed by atoms with Crippen molar-refractivity contribution < 1.29 is 19.4 Å². The van der Waals surface area contributed by atoms with Crippen LogP contribution in [0, 0.1) is 6.92 Å². The lowest BCUT2D eigenvalue weighted by molar-refractivity contribution is 0.112. The van der Waals surface area contributed by atoms with Crippen LogP contribution in [0.3, 0.4) is 0 Å². The van der Waals surface area contributed by atoms with Crippen LogP contribution in [0.2, 0.25) is 0 Å². The summed E-state index contributed by atoms with van der Waals surface area (Å²) < 4.78 is 11.3. The maximum absolute atomic E-state index is 10.7. The maximum atomic E-state index is 10.7. The van der Waals surface area contributed by atoms with Gasteiger partial charge >= 0.3 is 0 Å². The van der Waals surface area contributed by atoms with Crippen LogP contribution in [-0.4, -0.2) is 18.5 Å². The van der Waals surface area contributed by atoms with Crippen LogP contribution in [-0.2, 0) is 6.61 Å². The number of rotatable bonds is 6. The number of phenolic OH excluding ortho intramolecular Hbond substituents is 1. The van der Waals surface area contributed by atoms with Crippen LogP contribution in [0.25, 0.3) is 11.1 Å². The molecule has 0 aromatic heterocycles. The van der Waals surface area contributed by atoms with Gasteiger partial charge in [-0.2, -0.15) is 0 Å². The fraction of sp³-hybridized carbons (Fsp3) is 0.136. The normalized spacial score (nSPS) is 10.4. The van der Waals surface area contributed by atoms with Crippen LogP contribution < -0.4 is 9.47 Å². The van der Waals surface area contributed by atoms with Gasteiger partial charge in [0.15, 0.2) is 0 Å². The highest BCUT2D eigenvalue weighted by Crippen LogP contribution is 2.35. The van der Waals surface area contributed by atoms with Gasteiger partial charge in [0.2, 0.25) is 0 Å². The highest BCUT2D eigenvalue weighted by Gasteiger charge is 2.12. The number of benzene rings is 3. The molecule has 0 fully saturated rings. The molecule has 0 radical (unpaired) electrons. The van der Waals surface area contributed by atoms with E-state index in [-0.39, 0.29) is 5.75 Å². The molecular formula is C22H20O4. The van der Waals surface area contributed by atoms with Crippen LogP contribution in [0.15, 0.2) is 60.7 Å². The number of hydrogen-bond acceptors (Lipinski definition) is 4. The fourth-order valence-electron chi connectivity index (χ4n) is 2.84. The van der Waals surface area contributed by atoms with Crippen LogP contribution in [0.1, 0.15) is 21.5 Å². The van der Waals surface area contributed by atoms with E-state index in [1.165, 1.54) is 0 Å². The van der Waals surface area contributed by atoms with Crippen LogP contribution in [0.5, 0.6) is 17.2 Å². The Morgan fingerprint density at radius 3 is 2.46 bits per heavy atom. The summed E-state index contributed by atoms with van der Waals surface area (Å²) in [7, 11) is 1.59. The van der Waals surface area contributed by atoms with Crippen molar-refractivity contribution in [2.45, 2.75) is 13.5 Å². The van der Waals surface area contributed by atoms with Gasteiger partial charge in [0.1, 0.15) is 30.1 Å². The summed E-state index contributed by atoms with van der Waals surface area (Å²) in [6.07, 6.45) is 0.808. The molecule has 26 heavy (non-hydrogen) atoms. The van der Waals surface area contributed by atoms with Gasteiger partial charge in [0.25, 0.3) is 0 Å². The summed E-state index contributed by atoms with van der Waals surface area (Å²) >= 11 is 0. The number of ether oxygens (including phenoxy) is 2. The first-order valence-corrected chi connectivity index (χ1v) is 8.26. The van der Waals surface area contributed by atoms with E-state index in [1.807, 2.05) is 31.2 Å². The smallest absolute Gasteiger partial charge is 0.150 e. The van der Waals surface area contributed by atoms with E-state index in [4.69, 9.17) is 9.47 Å². The molecule has 0 heterocycles. The standard InChI is InChI=1S/C22H20O4/c1-15-17(14-26-19-9-6-16(13-23)7-10-19)4-3-5-20(15)21-11-8-18(24)12-22(21)25-2/h3-13,24H,14H2,1-2H3. The summed E-state index contributed by atoms with van der Waals surface area (Å²) in [6, 6.07) is 18.1. The van der Waals surface area contributed by atoms with E-state index in [0.717, 1.165) is 28.5 Å². The molecule has 0 aliphatic heterocycles. The van der Waals surface area contributed by atoms with Gasteiger partial charge in [-0.05, 0) is 60.0 Å². The lowest BCUT2D eigenvalue weighted by atomic mass is 9.96. The topological polar surface area (TPSA) is 55.8 Å². The van der Waals surface area contributed by atoms with Gasteiger partial charge in [0.05, 0.1) is 7.11 Å².